The molecule has 3 heteroatoms. The molecular formula is C12H19NO2. The lowest BCUT2D eigenvalue weighted by atomic mass is 10.0. The molecule has 1 heterocycles. The number of nitrogens with zero attached hydrogens (tertiary/aromatic N) is 1. The summed E-state index contributed by atoms with van der Waals surface area (Å²) in [5.41, 5.74) is 1.09. The van der Waals surface area contributed by atoms with Crippen molar-refractivity contribution in [2.24, 2.45) is 0 Å². The summed E-state index contributed by atoms with van der Waals surface area (Å²) in [6.07, 6.45) is 3.63. The molecule has 0 spiro atoms. The van der Waals surface area contributed by atoms with E-state index in [0.29, 0.717) is 6.42 Å². The van der Waals surface area contributed by atoms with Gasteiger partial charge in [-0.1, -0.05) is 0 Å². The molecule has 0 N–H and O–H groups in total. The minimum Gasteiger partial charge on any atom is -0.369 e. The smallest absolute Gasteiger partial charge is 0.157 e. The summed E-state index contributed by atoms with van der Waals surface area (Å²) >= 11 is 0. The van der Waals surface area contributed by atoms with Crippen LogP contribution >= 0.6 is 0 Å². The number of ketones is 1. The van der Waals surface area contributed by atoms with Crippen LogP contribution in [0.4, 0.5) is 0 Å². The molecule has 2 rings (SSSR count). The van der Waals surface area contributed by atoms with E-state index in [1.54, 1.807) is 6.08 Å². The standard InChI is InChI=1S/C12H19NO2/c1-9-7-13(8-12(2,3)15-9)10-4-5-11(14)6-10/h6,9H,4-5,7-8H2,1-3H3. The van der Waals surface area contributed by atoms with Crippen LogP contribution in [0, 0.1) is 0 Å². The van der Waals surface area contributed by atoms with Crippen LogP contribution in [-0.4, -0.2) is 35.5 Å². The van der Waals surface area contributed by atoms with Gasteiger partial charge in [-0.3, -0.25) is 4.79 Å². The number of allylic oxidation sites excluding steroid dienone is 2. The monoisotopic (exact) mass is 209 g/mol. The van der Waals surface area contributed by atoms with Crippen molar-refractivity contribution in [3.8, 4) is 0 Å². The third-order valence-corrected chi connectivity index (χ3v) is 2.93. The molecule has 15 heavy (non-hydrogen) atoms. The Balaban J connectivity index is 2.10. The Morgan fingerprint density at radius 1 is 1.47 bits per heavy atom. The third kappa shape index (κ3) is 2.40. The average molecular weight is 209 g/mol. The molecule has 0 bridgehead atoms. The molecule has 0 aromatic carbocycles. The van der Waals surface area contributed by atoms with E-state index >= 15 is 0 Å². The van der Waals surface area contributed by atoms with Gasteiger partial charge in [-0.05, 0) is 27.2 Å². The molecule has 1 atom stereocenters. The van der Waals surface area contributed by atoms with Gasteiger partial charge < -0.3 is 9.64 Å². The van der Waals surface area contributed by atoms with Crippen LogP contribution < -0.4 is 0 Å². The number of carbonyl (C=O) groups is 1. The van der Waals surface area contributed by atoms with Gasteiger partial charge in [-0.2, -0.15) is 0 Å². The lowest BCUT2D eigenvalue weighted by Crippen LogP contribution is -2.51. The first kappa shape index (κ1) is 10.7. The maximum Gasteiger partial charge on any atom is 0.157 e. The van der Waals surface area contributed by atoms with Crippen LogP contribution in [0.2, 0.25) is 0 Å². The highest BCUT2D eigenvalue weighted by atomic mass is 16.5. The van der Waals surface area contributed by atoms with Gasteiger partial charge in [0.15, 0.2) is 5.78 Å². The Kier molecular flexibility index (Phi) is 2.59. The Hall–Kier alpha value is -0.830. The molecule has 2 aliphatic rings. The van der Waals surface area contributed by atoms with E-state index in [1.165, 1.54) is 5.70 Å². The predicted molar refractivity (Wildman–Crippen MR) is 58.5 cm³/mol. The average Bonchev–Trinajstić information content (AvgIpc) is 2.48. The minimum atomic E-state index is -0.107. The van der Waals surface area contributed by atoms with E-state index in [2.05, 4.69) is 25.7 Å². The normalized spacial score (nSPS) is 30.6. The van der Waals surface area contributed by atoms with Gasteiger partial charge >= 0.3 is 0 Å². The zero-order valence-electron chi connectivity index (χ0n) is 9.75. The van der Waals surface area contributed by atoms with E-state index in [0.717, 1.165) is 19.5 Å². The molecule has 1 fully saturated rings. The van der Waals surface area contributed by atoms with Crippen molar-refractivity contribution >= 4 is 5.78 Å². The van der Waals surface area contributed by atoms with Gasteiger partial charge in [0.1, 0.15) is 0 Å². The topological polar surface area (TPSA) is 29.5 Å². The molecule has 1 aliphatic heterocycles. The second-order valence-electron chi connectivity index (χ2n) is 5.17. The Labute approximate surface area is 91.1 Å². The molecule has 0 aromatic heterocycles. The fraction of sp³-hybridized carbons (Fsp3) is 0.750. The molecule has 0 radical (unpaired) electrons. The van der Waals surface area contributed by atoms with Gasteiger partial charge in [0.05, 0.1) is 11.7 Å². The summed E-state index contributed by atoms with van der Waals surface area (Å²) in [5, 5.41) is 0. The van der Waals surface area contributed by atoms with Crippen molar-refractivity contribution in [1.29, 1.82) is 0 Å². The quantitative estimate of drug-likeness (QED) is 0.658. The van der Waals surface area contributed by atoms with E-state index in [-0.39, 0.29) is 17.5 Å². The number of carbonyl (C=O) groups excluding carboxylic acids is 1. The summed E-state index contributed by atoms with van der Waals surface area (Å²) < 4.78 is 5.84. The SMILES string of the molecule is CC1CN(C2=CC(=O)CC2)CC(C)(C)O1. The second kappa shape index (κ2) is 3.63. The van der Waals surface area contributed by atoms with E-state index < -0.39 is 0 Å². The van der Waals surface area contributed by atoms with Crippen LogP contribution in [0.1, 0.15) is 33.6 Å². The molecule has 0 amide bonds. The highest BCUT2D eigenvalue weighted by Gasteiger charge is 2.33. The summed E-state index contributed by atoms with van der Waals surface area (Å²) in [5.74, 6) is 0.266. The van der Waals surface area contributed by atoms with Gasteiger partial charge in [0, 0.05) is 31.3 Å². The Morgan fingerprint density at radius 2 is 2.20 bits per heavy atom. The van der Waals surface area contributed by atoms with Crippen LogP contribution in [0.3, 0.4) is 0 Å². The van der Waals surface area contributed by atoms with E-state index in [4.69, 9.17) is 4.74 Å². The zero-order valence-corrected chi connectivity index (χ0v) is 9.75. The molecular weight excluding hydrogens is 190 g/mol. The van der Waals surface area contributed by atoms with Crippen molar-refractivity contribution < 1.29 is 9.53 Å². The summed E-state index contributed by atoms with van der Waals surface area (Å²) in [6, 6.07) is 0. The van der Waals surface area contributed by atoms with E-state index in [9.17, 15) is 4.79 Å². The number of ether oxygens (including phenoxy) is 1. The largest absolute Gasteiger partial charge is 0.369 e. The minimum absolute atomic E-state index is 0.107. The van der Waals surface area contributed by atoms with Crippen LogP contribution in [-0.2, 0) is 9.53 Å². The maximum absolute atomic E-state index is 11.2. The Bertz CT molecular complexity index is 307. The zero-order chi connectivity index (χ0) is 11.1. The summed E-state index contributed by atoms with van der Waals surface area (Å²) in [7, 11) is 0. The van der Waals surface area contributed by atoms with E-state index in [1.807, 2.05) is 0 Å². The molecule has 84 valence electrons. The molecule has 0 aromatic rings. The summed E-state index contributed by atoms with van der Waals surface area (Å²) in [6.45, 7) is 8.09. The van der Waals surface area contributed by atoms with Crippen molar-refractivity contribution in [3.63, 3.8) is 0 Å². The van der Waals surface area contributed by atoms with Crippen molar-refractivity contribution in [2.45, 2.75) is 45.3 Å². The van der Waals surface area contributed by atoms with Crippen LogP contribution in [0.15, 0.2) is 11.8 Å². The van der Waals surface area contributed by atoms with Gasteiger partial charge in [0.25, 0.3) is 0 Å². The van der Waals surface area contributed by atoms with Gasteiger partial charge in [-0.25, -0.2) is 0 Å². The third-order valence-electron chi connectivity index (χ3n) is 2.93. The Morgan fingerprint density at radius 3 is 2.73 bits per heavy atom. The van der Waals surface area contributed by atoms with Crippen molar-refractivity contribution in [1.82, 2.24) is 4.90 Å². The lowest BCUT2D eigenvalue weighted by Gasteiger charge is -2.43. The molecule has 1 saturated heterocycles. The first-order valence-corrected chi connectivity index (χ1v) is 5.62. The predicted octanol–water partition coefficient (Wildman–Crippen LogP) is 1.73. The first-order valence-electron chi connectivity index (χ1n) is 5.62. The highest BCUT2D eigenvalue weighted by Crippen LogP contribution is 2.27. The number of hydrogen-bond donors (Lipinski definition) is 0. The second-order valence-corrected chi connectivity index (χ2v) is 5.17. The van der Waals surface area contributed by atoms with Crippen molar-refractivity contribution in [2.75, 3.05) is 13.1 Å². The lowest BCUT2D eigenvalue weighted by molar-refractivity contribution is -0.121. The first-order chi connectivity index (χ1) is 6.96. The fourth-order valence-electron chi connectivity index (χ4n) is 2.50. The summed E-state index contributed by atoms with van der Waals surface area (Å²) in [4.78, 5) is 13.5. The molecule has 1 unspecified atom stereocenters. The van der Waals surface area contributed by atoms with Gasteiger partial charge in [0.2, 0.25) is 0 Å². The number of morpholine rings is 1. The van der Waals surface area contributed by atoms with Crippen molar-refractivity contribution in [3.05, 3.63) is 11.8 Å². The molecule has 1 aliphatic carbocycles. The van der Waals surface area contributed by atoms with Gasteiger partial charge in [-0.15, -0.1) is 0 Å². The fourth-order valence-corrected chi connectivity index (χ4v) is 2.50. The highest BCUT2D eigenvalue weighted by molar-refractivity contribution is 5.92. The number of rotatable bonds is 1. The maximum atomic E-state index is 11.2. The van der Waals surface area contributed by atoms with Crippen LogP contribution in [0.5, 0.6) is 0 Å². The number of hydrogen-bond acceptors (Lipinski definition) is 3. The molecule has 0 saturated carbocycles. The van der Waals surface area contributed by atoms with Crippen LogP contribution in [0.25, 0.3) is 0 Å². The molecule has 3 nitrogen and oxygen atoms in total.